The first-order valence-corrected chi connectivity index (χ1v) is 11.4. The summed E-state index contributed by atoms with van der Waals surface area (Å²) in [5.74, 6) is 0. The van der Waals surface area contributed by atoms with Crippen molar-refractivity contribution in [1.82, 2.24) is 10.3 Å². The molecule has 2 N–H and O–H groups in total. The summed E-state index contributed by atoms with van der Waals surface area (Å²) in [6.45, 7) is 0. The molecule has 0 bridgehead atoms. The molecular formula is C27H22BrF3N2O. The molecule has 34 heavy (non-hydrogen) atoms. The van der Waals surface area contributed by atoms with Gasteiger partial charge in [-0.05, 0) is 56.9 Å². The maximum Gasteiger partial charge on any atom is 0.416 e. The van der Waals surface area contributed by atoms with Gasteiger partial charge in [-0.15, -0.1) is 0 Å². The first-order valence-electron chi connectivity index (χ1n) is 10.6. The number of aliphatic hydroxyl groups excluding tert-OH is 1. The number of hydrogen-bond acceptors (Lipinski definition) is 3. The van der Waals surface area contributed by atoms with Crippen LogP contribution >= 0.6 is 15.9 Å². The van der Waals surface area contributed by atoms with Crippen LogP contribution < -0.4 is 5.32 Å². The van der Waals surface area contributed by atoms with Gasteiger partial charge in [0.1, 0.15) is 6.23 Å². The topological polar surface area (TPSA) is 45.1 Å². The zero-order valence-corrected chi connectivity index (χ0v) is 19.6. The molecule has 0 aliphatic heterocycles. The second-order valence-electron chi connectivity index (χ2n) is 7.97. The lowest BCUT2D eigenvalue weighted by molar-refractivity contribution is -0.137. The van der Waals surface area contributed by atoms with Crippen molar-refractivity contribution in [3.8, 4) is 0 Å². The van der Waals surface area contributed by atoms with Crippen LogP contribution in [0.4, 0.5) is 13.2 Å². The summed E-state index contributed by atoms with van der Waals surface area (Å²) in [5.41, 5.74) is 0.250. The summed E-state index contributed by atoms with van der Waals surface area (Å²) in [7, 11) is 0. The molecule has 0 fully saturated rings. The molecule has 0 spiro atoms. The quantitative estimate of drug-likeness (QED) is 0.265. The van der Waals surface area contributed by atoms with Crippen molar-refractivity contribution < 1.29 is 18.3 Å². The zero-order valence-electron chi connectivity index (χ0n) is 18.0. The van der Waals surface area contributed by atoms with Gasteiger partial charge in [0, 0.05) is 17.1 Å². The minimum atomic E-state index is -4.51. The molecule has 0 radical (unpaired) electrons. The Bertz CT molecular complexity index is 1220. The number of nitrogens with one attached hydrogen (secondary N) is 1. The first kappa shape index (κ1) is 24.1. The summed E-state index contributed by atoms with van der Waals surface area (Å²) in [6.07, 6.45) is -3.82. The molecule has 1 aromatic heterocycles. The van der Waals surface area contributed by atoms with E-state index in [2.05, 4.69) is 26.2 Å². The second kappa shape index (κ2) is 10.1. The van der Waals surface area contributed by atoms with E-state index in [9.17, 15) is 18.3 Å². The lowest BCUT2D eigenvalue weighted by atomic mass is 9.79. The van der Waals surface area contributed by atoms with Gasteiger partial charge in [-0.25, -0.2) is 0 Å². The Morgan fingerprint density at radius 1 is 0.824 bits per heavy atom. The van der Waals surface area contributed by atoms with Gasteiger partial charge in [0.05, 0.1) is 16.8 Å². The van der Waals surface area contributed by atoms with E-state index in [1.54, 1.807) is 48.7 Å². The molecule has 7 heteroatoms. The lowest BCUT2D eigenvalue weighted by Crippen LogP contribution is -2.48. The molecule has 0 amide bonds. The van der Waals surface area contributed by atoms with E-state index in [1.165, 1.54) is 6.07 Å². The van der Waals surface area contributed by atoms with Crippen LogP contribution in [0.3, 0.4) is 0 Å². The fourth-order valence-corrected chi connectivity index (χ4v) is 4.23. The molecule has 174 valence electrons. The summed E-state index contributed by atoms with van der Waals surface area (Å²) in [4.78, 5) is 4.56. The van der Waals surface area contributed by atoms with Gasteiger partial charge in [0.25, 0.3) is 0 Å². The van der Waals surface area contributed by atoms with Gasteiger partial charge in [0.15, 0.2) is 0 Å². The summed E-state index contributed by atoms with van der Waals surface area (Å²) in [6, 6.07) is 27.1. The Balaban J connectivity index is 1.93. The van der Waals surface area contributed by atoms with E-state index in [0.717, 1.165) is 22.2 Å². The Labute approximate surface area is 204 Å². The fraction of sp³-hybridized carbons (Fsp3) is 0.148. The molecule has 0 saturated carbocycles. The van der Waals surface area contributed by atoms with Crippen LogP contribution in [-0.2, 0) is 18.1 Å². The predicted octanol–water partition coefficient (Wildman–Crippen LogP) is 6.63. The molecule has 0 aliphatic carbocycles. The van der Waals surface area contributed by atoms with Crippen molar-refractivity contribution in [3.63, 3.8) is 0 Å². The van der Waals surface area contributed by atoms with Gasteiger partial charge in [0.2, 0.25) is 0 Å². The van der Waals surface area contributed by atoms with Crippen LogP contribution in [0.2, 0.25) is 0 Å². The molecule has 2 atom stereocenters. The van der Waals surface area contributed by atoms with Gasteiger partial charge in [-0.3, -0.25) is 10.3 Å². The highest BCUT2D eigenvalue weighted by Gasteiger charge is 2.40. The van der Waals surface area contributed by atoms with Gasteiger partial charge < -0.3 is 5.11 Å². The summed E-state index contributed by atoms with van der Waals surface area (Å²) in [5, 5.41) is 14.4. The number of aliphatic hydroxyl groups is 1. The minimum absolute atomic E-state index is 0.258. The molecule has 4 rings (SSSR count). The van der Waals surface area contributed by atoms with Crippen molar-refractivity contribution in [1.29, 1.82) is 0 Å². The van der Waals surface area contributed by atoms with E-state index < -0.39 is 23.5 Å². The van der Waals surface area contributed by atoms with Crippen molar-refractivity contribution in [2.75, 3.05) is 0 Å². The average molecular weight is 527 g/mol. The molecule has 3 aromatic carbocycles. The van der Waals surface area contributed by atoms with Crippen molar-refractivity contribution in [2.24, 2.45) is 0 Å². The van der Waals surface area contributed by atoms with Crippen LogP contribution in [-0.4, -0.2) is 10.1 Å². The number of hydrogen-bond donors (Lipinski definition) is 2. The third-order valence-electron chi connectivity index (χ3n) is 5.66. The molecule has 2 unspecified atom stereocenters. The number of nitrogens with zero attached hydrogens (tertiary/aromatic N) is 1. The van der Waals surface area contributed by atoms with Crippen LogP contribution in [0, 0.1) is 0 Å². The lowest BCUT2D eigenvalue weighted by Gasteiger charge is -2.38. The van der Waals surface area contributed by atoms with E-state index in [0.29, 0.717) is 16.8 Å². The van der Waals surface area contributed by atoms with E-state index in [4.69, 9.17) is 0 Å². The Kier molecular flexibility index (Phi) is 7.16. The first-order chi connectivity index (χ1) is 16.3. The summed E-state index contributed by atoms with van der Waals surface area (Å²) >= 11 is 3.38. The Hall–Kier alpha value is -3.00. The third kappa shape index (κ3) is 5.38. The molecule has 0 saturated heterocycles. The van der Waals surface area contributed by atoms with Crippen LogP contribution in [0.25, 0.3) is 0 Å². The Morgan fingerprint density at radius 3 is 2.09 bits per heavy atom. The van der Waals surface area contributed by atoms with Crippen LogP contribution in [0.15, 0.2) is 108 Å². The minimum Gasteiger partial charge on any atom is -0.374 e. The van der Waals surface area contributed by atoms with Crippen molar-refractivity contribution in [3.05, 3.63) is 136 Å². The molecule has 0 aliphatic rings. The van der Waals surface area contributed by atoms with Crippen LogP contribution in [0.1, 0.15) is 34.2 Å². The predicted molar refractivity (Wildman–Crippen MR) is 129 cm³/mol. The monoisotopic (exact) mass is 526 g/mol. The Morgan fingerprint density at radius 2 is 1.47 bits per heavy atom. The number of aromatic nitrogens is 1. The maximum atomic E-state index is 13.7. The van der Waals surface area contributed by atoms with Crippen molar-refractivity contribution >= 4 is 15.9 Å². The largest absolute Gasteiger partial charge is 0.416 e. The number of pyridine rings is 1. The van der Waals surface area contributed by atoms with Crippen LogP contribution in [0.5, 0.6) is 0 Å². The number of benzene rings is 3. The van der Waals surface area contributed by atoms with Gasteiger partial charge in [-0.2, -0.15) is 13.2 Å². The number of rotatable bonds is 7. The standard InChI is InChI=1S/C27H22BrF3N2O/c28-23-14-15-24(32-18-23)26(17-19-8-3-1-4-9-19,33-25(34)20-10-5-2-6-11-20)21-12-7-13-22(16-21)27(29,30)31/h1-16,18,25,33-34H,17H2. The van der Waals surface area contributed by atoms with Gasteiger partial charge >= 0.3 is 6.18 Å². The molecule has 4 aromatic rings. The smallest absolute Gasteiger partial charge is 0.374 e. The van der Waals surface area contributed by atoms with E-state index in [1.807, 2.05) is 36.4 Å². The number of halogens is 4. The number of alkyl halides is 3. The summed E-state index contributed by atoms with van der Waals surface area (Å²) < 4.78 is 41.8. The highest BCUT2D eigenvalue weighted by molar-refractivity contribution is 9.10. The molecule has 1 heterocycles. The third-order valence-corrected chi connectivity index (χ3v) is 6.13. The molecular weight excluding hydrogens is 505 g/mol. The van der Waals surface area contributed by atoms with Crippen molar-refractivity contribution in [2.45, 2.75) is 24.4 Å². The maximum absolute atomic E-state index is 13.7. The molecule has 3 nitrogen and oxygen atoms in total. The normalized spacial score (nSPS) is 14.4. The highest BCUT2D eigenvalue weighted by atomic mass is 79.9. The van der Waals surface area contributed by atoms with E-state index >= 15 is 0 Å². The fourth-order valence-electron chi connectivity index (χ4n) is 3.99. The average Bonchev–Trinajstić information content (AvgIpc) is 2.85. The second-order valence-corrected chi connectivity index (χ2v) is 8.88. The SMILES string of the molecule is OC(NC(Cc1ccccc1)(c1cccc(C(F)(F)F)c1)c1ccc(Br)cn1)c1ccccc1. The highest BCUT2D eigenvalue weighted by Crippen LogP contribution is 2.38. The van der Waals surface area contributed by atoms with Gasteiger partial charge in [-0.1, -0.05) is 72.8 Å². The zero-order chi connectivity index (χ0) is 24.2. The van der Waals surface area contributed by atoms with E-state index in [-0.39, 0.29) is 6.42 Å².